The number of nitrogens with zero attached hydrogens (tertiary/aromatic N) is 1. The summed E-state index contributed by atoms with van der Waals surface area (Å²) in [5.41, 5.74) is 0. The van der Waals surface area contributed by atoms with Crippen molar-refractivity contribution in [1.29, 1.82) is 5.41 Å². The first-order valence-electron chi connectivity index (χ1n) is 6.05. The molecule has 0 saturated heterocycles. The number of amidine groups is 1. The lowest BCUT2D eigenvalue weighted by Crippen LogP contribution is -2.40. The summed E-state index contributed by atoms with van der Waals surface area (Å²) in [5.74, 6) is 1.46. The Morgan fingerprint density at radius 2 is 1.93 bits per heavy atom. The van der Waals surface area contributed by atoms with Gasteiger partial charge in [0.1, 0.15) is 0 Å². The Kier molecular flexibility index (Phi) is 4.43. The zero-order chi connectivity index (χ0) is 10.6. The predicted molar refractivity (Wildman–Crippen MR) is 61.8 cm³/mol. The molecule has 0 spiro atoms. The molecule has 2 nitrogen and oxygen atoms in total. The normalized spacial score (nSPS) is 19.6. The standard InChI is InChI=1S/C12H24N2/c1-4-10(3)14(5-2)12(13)11-8-6-7-9-11/h10-11,13H,4-9H2,1-3H3. The highest BCUT2D eigenvalue weighted by Gasteiger charge is 2.25. The van der Waals surface area contributed by atoms with E-state index in [0.717, 1.165) is 18.8 Å². The maximum Gasteiger partial charge on any atom is 0.0991 e. The Hall–Kier alpha value is -0.530. The molecule has 2 heteroatoms. The molecule has 0 aliphatic heterocycles. The van der Waals surface area contributed by atoms with Gasteiger partial charge in [0, 0.05) is 18.5 Å². The summed E-state index contributed by atoms with van der Waals surface area (Å²) in [4.78, 5) is 2.27. The van der Waals surface area contributed by atoms with Gasteiger partial charge in [-0.2, -0.15) is 0 Å². The first-order valence-corrected chi connectivity index (χ1v) is 6.05. The molecule has 82 valence electrons. The van der Waals surface area contributed by atoms with E-state index in [4.69, 9.17) is 5.41 Å². The minimum Gasteiger partial charge on any atom is -0.358 e. The van der Waals surface area contributed by atoms with Gasteiger partial charge in [0.25, 0.3) is 0 Å². The van der Waals surface area contributed by atoms with Gasteiger partial charge in [-0.3, -0.25) is 5.41 Å². The van der Waals surface area contributed by atoms with Crippen LogP contribution in [0.4, 0.5) is 0 Å². The highest BCUT2D eigenvalue weighted by molar-refractivity contribution is 5.82. The van der Waals surface area contributed by atoms with Crippen molar-refractivity contribution in [3.05, 3.63) is 0 Å². The third kappa shape index (κ3) is 2.49. The molecule has 1 aliphatic rings. The van der Waals surface area contributed by atoms with Gasteiger partial charge in [-0.1, -0.05) is 19.8 Å². The van der Waals surface area contributed by atoms with Gasteiger partial charge in [0.2, 0.25) is 0 Å². The predicted octanol–water partition coefficient (Wildman–Crippen LogP) is 3.27. The SMILES string of the molecule is CCC(C)N(CC)C(=N)C1CCCC1. The molecular formula is C12H24N2. The molecule has 0 bridgehead atoms. The molecule has 0 aromatic rings. The van der Waals surface area contributed by atoms with Crippen molar-refractivity contribution in [2.75, 3.05) is 6.54 Å². The molecule has 0 amide bonds. The van der Waals surface area contributed by atoms with Crippen LogP contribution in [0, 0.1) is 11.3 Å². The van der Waals surface area contributed by atoms with E-state index < -0.39 is 0 Å². The summed E-state index contributed by atoms with van der Waals surface area (Å²) in [6, 6.07) is 0.535. The Morgan fingerprint density at radius 3 is 2.36 bits per heavy atom. The lowest BCUT2D eigenvalue weighted by atomic mass is 10.0. The van der Waals surface area contributed by atoms with Crippen LogP contribution in [0.15, 0.2) is 0 Å². The number of rotatable bonds is 4. The van der Waals surface area contributed by atoms with Crippen LogP contribution in [0.25, 0.3) is 0 Å². The average Bonchev–Trinajstić information content (AvgIpc) is 2.71. The Bertz CT molecular complexity index is 183. The van der Waals surface area contributed by atoms with E-state index in [2.05, 4.69) is 25.7 Å². The first kappa shape index (κ1) is 11.5. The van der Waals surface area contributed by atoms with Crippen LogP contribution >= 0.6 is 0 Å². The number of hydrogen-bond donors (Lipinski definition) is 1. The number of nitrogens with one attached hydrogen (secondary N) is 1. The monoisotopic (exact) mass is 196 g/mol. The summed E-state index contributed by atoms with van der Waals surface area (Å²) in [6.07, 6.45) is 6.27. The summed E-state index contributed by atoms with van der Waals surface area (Å²) in [5, 5.41) is 8.20. The van der Waals surface area contributed by atoms with Crippen molar-refractivity contribution in [2.45, 2.75) is 58.9 Å². The van der Waals surface area contributed by atoms with Gasteiger partial charge < -0.3 is 4.90 Å². The Labute approximate surface area is 88.2 Å². The van der Waals surface area contributed by atoms with Crippen LogP contribution in [0.2, 0.25) is 0 Å². The summed E-state index contributed by atoms with van der Waals surface area (Å²) in [7, 11) is 0. The average molecular weight is 196 g/mol. The molecule has 1 fully saturated rings. The zero-order valence-corrected chi connectivity index (χ0v) is 9.84. The van der Waals surface area contributed by atoms with Crippen molar-refractivity contribution in [1.82, 2.24) is 4.90 Å². The van der Waals surface area contributed by atoms with Gasteiger partial charge in [-0.05, 0) is 33.1 Å². The maximum atomic E-state index is 8.20. The largest absolute Gasteiger partial charge is 0.358 e. The van der Waals surface area contributed by atoms with Crippen molar-refractivity contribution >= 4 is 5.84 Å². The summed E-state index contributed by atoms with van der Waals surface area (Å²) >= 11 is 0. The fraction of sp³-hybridized carbons (Fsp3) is 0.917. The molecule has 0 heterocycles. The van der Waals surface area contributed by atoms with E-state index in [1.165, 1.54) is 25.7 Å². The minimum absolute atomic E-state index is 0.535. The third-order valence-electron chi connectivity index (χ3n) is 3.51. The summed E-state index contributed by atoms with van der Waals surface area (Å²) < 4.78 is 0. The second-order valence-corrected chi connectivity index (χ2v) is 4.41. The second kappa shape index (κ2) is 5.38. The van der Waals surface area contributed by atoms with Crippen molar-refractivity contribution in [2.24, 2.45) is 5.92 Å². The maximum absolute atomic E-state index is 8.20. The summed E-state index contributed by atoms with van der Waals surface area (Å²) in [6.45, 7) is 7.59. The molecule has 0 radical (unpaired) electrons. The van der Waals surface area contributed by atoms with E-state index in [0.29, 0.717) is 12.0 Å². The molecule has 1 atom stereocenters. The van der Waals surface area contributed by atoms with E-state index in [9.17, 15) is 0 Å². The first-order chi connectivity index (χ1) is 6.70. The quantitative estimate of drug-likeness (QED) is 0.542. The van der Waals surface area contributed by atoms with Crippen LogP contribution in [0.1, 0.15) is 52.9 Å². The molecule has 1 saturated carbocycles. The van der Waals surface area contributed by atoms with Crippen LogP contribution in [0.3, 0.4) is 0 Å². The molecular weight excluding hydrogens is 172 g/mol. The van der Waals surface area contributed by atoms with Gasteiger partial charge in [-0.25, -0.2) is 0 Å². The van der Waals surface area contributed by atoms with Crippen LogP contribution < -0.4 is 0 Å². The van der Waals surface area contributed by atoms with E-state index in [1.54, 1.807) is 0 Å². The van der Waals surface area contributed by atoms with Crippen LogP contribution in [-0.4, -0.2) is 23.3 Å². The zero-order valence-electron chi connectivity index (χ0n) is 9.84. The fourth-order valence-electron chi connectivity index (χ4n) is 2.37. The molecule has 1 unspecified atom stereocenters. The molecule has 0 aromatic heterocycles. The fourth-order valence-corrected chi connectivity index (χ4v) is 2.37. The third-order valence-corrected chi connectivity index (χ3v) is 3.51. The minimum atomic E-state index is 0.535. The molecule has 14 heavy (non-hydrogen) atoms. The molecule has 1 N–H and O–H groups in total. The van der Waals surface area contributed by atoms with Gasteiger partial charge in [0.15, 0.2) is 0 Å². The molecule has 1 rings (SSSR count). The Balaban J connectivity index is 2.54. The van der Waals surface area contributed by atoms with Gasteiger partial charge >= 0.3 is 0 Å². The number of hydrogen-bond acceptors (Lipinski definition) is 1. The topological polar surface area (TPSA) is 27.1 Å². The highest BCUT2D eigenvalue weighted by atomic mass is 15.2. The molecule has 0 aromatic carbocycles. The van der Waals surface area contributed by atoms with Crippen molar-refractivity contribution in [3.8, 4) is 0 Å². The van der Waals surface area contributed by atoms with Crippen LogP contribution in [-0.2, 0) is 0 Å². The van der Waals surface area contributed by atoms with E-state index in [1.807, 2.05) is 0 Å². The van der Waals surface area contributed by atoms with Gasteiger partial charge in [-0.15, -0.1) is 0 Å². The van der Waals surface area contributed by atoms with Crippen molar-refractivity contribution in [3.63, 3.8) is 0 Å². The van der Waals surface area contributed by atoms with E-state index in [-0.39, 0.29) is 0 Å². The van der Waals surface area contributed by atoms with E-state index >= 15 is 0 Å². The van der Waals surface area contributed by atoms with Crippen LogP contribution in [0.5, 0.6) is 0 Å². The smallest absolute Gasteiger partial charge is 0.0991 e. The Morgan fingerprint density at radius 1 is 1.36 bits per heavy atom. The van der Waals surface area contributed by atoms with Gasteiger partial charge in [0.05, 0.1) is 5.84 Å². The lowest BCUT2D eigenvalue weighted by Gasteiger charge is -2.32. The second-order valence-electron chi connectivity index (χ2n) is 4.41. The lowest BCUT2D eigenvalue weighted by molar-refractivity contribution is 0.316. The highest BCUT2D eigenvalue weighted by Crippen LogP contribution is 2.27. The van der Waals surface area contributed by atoms with Crippen molar-refractivity contribution < 1.29 is 0 Å². The molecule has 1 aliphatic carbocycles.